The fourth-order valence-electron chi connectivity index (χ4n) is 3.48. The number of aromatic nitrogens is 2. The van der Waals surface area contributed by atoms with Crippen LogP contribution in [0.1, 0.15) is 29.8 Å². The molecule has 1 saturated heterocycles. The van der Waals surface area contributed by atoms with Crippen LogP contribution in [0.4, 0.5) is 11.6 Å². The van der Waals surface area contributed by atoms with Gasteiger partial charge in [-0.3, -0.25) is 0 Å². The van der Waals surface area contributed by atoms with Gasteiger partial charge in [0.25, 0.3) is 0 Å². The largest absolute Gasteiger partial charge is 0.496 e. The highest BCUT2D eigenvalue weighted by Crippen LogP contribution is 2.25. The van der Waals surface area contributed by atoms with Crippen molar-refractivity contribution >= 4 is 21.7 Å². The molecule has 0 radical (unpaired) electrons. The third-order valence-electron chi connectivity index (χ3n) is 4.96. The monoisotopic (exact) mass is 419 g/mol. The molecule has 0 unspecified atom stereocenters. The van der Waals surface area contributed by atoms with E-state index >= 15 is 0 Å². The van der Waals surface area contributed by atoms with Crippen LogP contribution in [0.5, 0.6) is 5.75 Å². The Balaban J connectivity index is 1.61. The normalized spacial score (nSPS) is 14.3. The Labute approximate surface area is 172 Å². The van der Waals surface area contributed by atoms with Crippen molar-refractivity contribution in [3.05, 3.63) is 35.2 Å². The van der Waals surface area contributed by atoms with Crippen molar-refractivity contribution in [2.45, 2.75) is 38.5 Å². The van der Waals surface area contributed by atoms with E-state index in [9.17, 15) is 8.42 Å². The Bertz CT molecular complexity index is 972. The number of hydrogen-bond donors (Lipinski definition) is 2. The summed E-state index contributed by atoms with van der Waals surface area (Å²) in [6.07, 6.45) is 2.36. The van der Waals surface area contributed by atoms with Gasteiger partial charge in [-0.05, 0) is 56.9 Å². The van der Waals surface area contributed by atoms with Crippen LogP contribution in [0, 0.1) is 20.8 Å². The highest BCUT2D eigenvalue weighted by molar-refractivity contribution is 7.89. The Morgan fingerprint density at radius 2 is 1.76 bits per heavy atom. The maximum Gasteiger partial charge on any atom is 0.240 e. The molecular weight excluding hydrogens is 390 g/mol. The van der Waals surface area contributed by atoms with Crippen LogP contribution in [-0.4, -0.2) is 51.7 Å². The minimum absolute atomic E-state index is 0.245. The minimum atomic E-state index is -3.61. The first-order valence-electron chi connectivity index (χ1n) is 9.79. The highest BCUT2D eigenvalue weighted by atomic mass is 32.2. The van der Waals surface area contributed by atoms with E-state index in [2.05, 4.69) is 24.9 Å². The molecular formula is C20H29N5O3S. The van der Waals surface area contributed by atoms with E-state index in [1.54, 1.807) is 26.2 Å². The molecule has 0 spiro atoms. The van der Waals surface area contributed by atoms with E-state index in [4.69, 9.17) is 4.74 Å². The first-order valence-corrected chi connectivity index (χ1v) is 11.3. The summed E-state index contributed by atoms with van der Waals surface area (Å²) in [7, 11) is -2.04. The molecule has 0 aliphatic carbocycles. The number of rotatable bonds is 8. The molecule has 158 valence electrons. The molecule has 0 amide bonds. The van der Waals surface area contributed by atoms with Gasteiger partial charge in [0, 0.05) is 32.2 Å². The third-order valence-corrected chi connectivity index (χ3v) is 6.56. The van der Waals surface area contributed by atoms with Crippen molar-refractivity contribution < 1.29 is 13.2 Å². The van der Waals surface area contributed by atoms with E-state index in [1.807, 2.05) is 19.9 Å². The van der Waals surface area contributed by atoms with Gasteiger partial charge >= 0.3 is 0 Å². The summed E-state index contributed by atoms with van der Waals surface area (Å²) in [4.78, 5) is 11.4. The average Bonchev–Trinajstić information content (AvgIpc) is 3.21. The molecule has 8 nitrogen and oxygen atoms in total. The van der Waals surface area contributed by atoms with Crippen LogP contribution in [0.3, 0.4) is 0 Å². The number of ether oxygens (including phenoxy) is 1. The van der Waals surface area contributed by atoms with Gasteiger partial charge in [0.1, 0.15) is 23.2 Å². The van der Waals surface area contributed by atoms with Crippen molar-refractivity contribution in [1.82, 2.24) is 14.7 Å². The smallest absolute Gasteiger partial charge is 0.240 e. The second kappa shape index (κ2) is 8.96. The Morgan fingerprint density at radius 1 is 1.03 bits per heavy atom. The Hall–Kier alpha value is -2.39. The molecule has 1 aliphatic rings. The lowest BCUT2D eigenvalue weighted by Gasteiger charge is -2.18. The number of methoxy groups -OCH3 is 1. The Kier molecular flexibility index (Phi) is 6.59. The van der Waals surface area contributed by atoms with Crippen LogP contribution in [0.2, 0.25) is 0 Å². The molecule has 0 atom stereocenters. The lowest BCUT2D eigenvalue weighted by molar-refractivity contribution is 0.411. The molecule has 2 heterocycles. The zero-order valence-electron chi connectivity index (χ0n) is 17.4. The molecule has 0 saturated carbocycles. The van der Waals surface area contributed by atoms with Gasteiger partial charge in [-0.2, -0.15) is 0 Å². The fourth-order valence-corrected chi connectivity index (χ4v) is 4.82. The van der Waals surface area contributed by atoms with Crippen LogP contribution in [0.15, 0.2) is 23.1 Å². The number of benzene rings is 1. The molecule has 2 N–H and O–H groups in total. The van der Waals surface area contributed by atoms with Gasteiger partial charge in [-0.1, -0.05) is 0 Å². The summed E-state index contributed by atoms with van der Waals surface area (Å²) in [5, 5.41) is 3.19. The number of nitrogens with zero attached hydrogens (tertiary/aromatic N) is 3. The third kappa shape index (κ3) is 5.16. The van der Waals surface area contributed by atoms with Gasteiger partial charge < -0.3 is 15.0 Å². The van der Waals surface area contributed by atoms with E-state index < -0.39 is 10.0 Å². The summed E-state index contributed by atoms with van der Waals surface area (Å²) in [5.74, 6) is 3.00. The number of nitrogens with one attached hydrogen (secondary N) is 2. The fraction of sp³-hybridized carbons (Fsp3) is 0.500. The number of sulfonamides is 1. The summed E-state index contributed by atoms with van der Waals surface area (Å²) < 4.78 is 33.3. The molecule has 29 heavy (non-hydrogen) atoms. The van der Waals surface area contributed by atoms with Gasteiger partial charge in [0.2, 0.25) is 10.0 Å². The quantitative estimate of drug-likeness (QED) is 0.634. The first kappa shape index (κ1) is 21.3. The summed E-state index contributed by atoms with van der Waals surface area (Å²) in [6, 6.07) is 5.30. The molecule has 0 bridgehead atoms. The van der Waals surface area contributed by atoms with Gasteiger partial charge in [-0.15, -0.1) is 0 Å². The SMILES string of the molecule is COc1cc(C)c(S(=O)(=O)NCCNc2cc(N3CCCC3)nc(C)n2)cc1C. The van der Waals surface area contributed by atoms with Crippen LogP contribution in [0.25, 0.3) is 0 Å². The molecule has 1 aromatic heterocycles. The lowest BCUT2D eigenvalue weighted by atomic mass is 10.1. The van der Waals surface area contributed by atoms with Crippen molar-refractivity contribution in [3.8, 4) is 5.75 Å². The van der Waals surface area contributed by atoms with Crippen molar-refractivity contribution in [3.63, 3.8) is 0 Å². The number of aryl methyl sites for hydroxylation is 3. The minimum Gasteiger partial charge on any atom is -0.496 e. The summed E-state index contributed by atoms with van der Waals surface area (Å²) >= 11 is 0. The number of anilines is 2. The Morgan fingerprint density at radius 3 is 2.45 bits per heavy atom. The summed E-state index contributed by atoms with van der Waals surface area (Å²) in [5.41, 5.74) is 1.43. The predicted octanol–water partition coefficient (Wildman–Crippen LogP) is 2.40. The predicted molar refractivity (Wildman–Crippen MR) is 114 cm³/mol. The van der Waals surface area contributed by atoms with Crippen LogP contribution in [-0.2, 0) is 10.0 Å². The van der Waals surface area contributed by atoms with Crippen LogP contribution >= 0.6 is 0 Å². The van der Waals surface area contributed by atoms with Crippen LogP contribution < -0.4 is 19.7 Å². The van der Waals surface area contributed by atoms with Crippen molar-refractivity contribution in [2.24, 2.45) is 0 Å². The van der Waals surface area contributed by atoms with Crippen molar-refractivity contribution in [2.75, 3.05) is 43.5 Å². The molecule has 1 aliphatic heterocycles. The molecule has 1 aromatic carbocycles. The van der Waals surface area contributed by atoms with Gasteiger partial charge in [-0.25, -0.2) is 23.1 Å². The van der Waals surface area contributed by atoms with E-state index in [0.29, 0.717) is 29.5 Å². The second-order valence-electron chi connectivity index (χ2n) is 7.26. The number of hydrogen-bond acceptors (Lipinski definition) is 7. The topological polar surface area (TPSA) is 96.5 Å². The van der Waals surface area contributed by atoms with Crippen molar-refractivity contribution in [1.29, 1.82) is 0 Å². The zero-order chi connectivity index (χ0) is 21.0. The molecule has 2 aromatic rings. The standard InChI is InChI=1S/C20H29N5O3S/c1-14-12-18(15(2)11-17(14)28-4)29(26,27)22-8-7-21-19-13-20(24-16(3)23-19)25-9-5-6-10-25/h11-13,22H,5-10H2,1-4H3,(H,21,23,24). The van der Waals surface area contributed by atoms with E-state index in [-0.39, 0.29) is 11.4 Å². The van der Waals surface area contributed by atoms with Gasteiger partial charge in [0.05, 0.1) is 12.0 Å². The van der Waals surface area contributed by atoms with E-state index in [0.717, 1.165) is 24.5 Å². The average molecular weight is 420 g/mol. The highest BCUT2D eigenvalue weighted by Gasteiger charge is 2.19. The lowest BCUT2D eigenvalue weighted by Crippen LogP contribution is -2.29. The first-order chi connectivity index (χ1) is 13.8. The summed E-state index contributed by atoms with van der Waals surface area (Å²) in [6.45, 7) is 8.14. The zero-order valence-corrected chi connectivity index (χ0v) is 18.3. The molecule has 1 fully saturated rings. The maximum atomic E-state index is 12.7. The second-order valence-corrected chi connectivity index (χ2v) is 9.00. The van der Waals surface area contributed by atoms with E-state index in [1.165, 1.54) is 12.8 Å². The molecule has 9 heteroatoms. The maximum absolute atomic E-state index is 12.7. The molecule has 3 rings (SSSR count). The van der Waals surface area contributed by atoms with Gasteiger partial charge in [0.15, 0.2) is 0 Å².